The van der Waals surface area contributed by atoms with Gasteiger partial charge in [0.15, 0.2) is 0 Å². The molecular formula is C10H19N3O4. The molecule has 0 radical (unpaired) electrons. The maximum atomic E-state index is 11.5. The van der Waals surface area contributed by atoms with Gasteiger partial charge >= 0.3 is 5.97 Å². The number of hydrogen-bond acceptors (Lipinski definition) is 4. The number of hydrogen-bond donors (Lipinski definition) is 4. The van der Waals surface area contributed by atoms with E-state index in [1.165, 1.54) is 0 Å². The van der Waals surface area contributed by atoms with Crippen molar-refractivity contribution < 1.29 is 19.5 Å². The number of nitrogens with two attached hydrogens (primary N) is 1. The Kier molecular flexibility index (Phi) is 5.60. The van der Waals surface area contributed by atoms with E-state index in [9.17, 15) is 14.4 Å². The van der Waals surface area contributed by atoms with Crippen LogP contribution in [0.1, 0.15) is 20.8 Å². The molecular weight excluding hydrogens is 226 g/mol. The zero-order valence-electron chi connectivity index (χ0n) is 10.2. The highest BCUT2D eigenvalue weighted by Gasteiger charge is 2.27. The molecule has 0 aliphatic carbocycles. The zero-order valence-corrected chi connectivity index (χ0v) is 10.2. The molecule has 1 atom stereocenters. The van der Waals surface area contributed by atoms with Gasteiger partial charge < -0.3 is 21.5 Å². The van der Waals surface area contributed by atoms with Crippen molar-refractivity contribution in [3.8, 4) is 0 Å². The molecule has 0 aliphatic heterocycles. The molecule has 0 spiro atoms. The number of nitrogens with one attached hydrogen (secondary N) is 2. The summed E-state index contributed by atoms with van der Waals surface area (Å²) in [6.45, 7) is 4.67. The summed E-state index contributed by atoms with van der Waals surface area (Å²) in [6, 6.07) is -0.727. The van der Waals surface area contributed by atoms with Crippen molar-refractivity contribution in [3.05, 3.63) is 0 Å². The van der Waals surface area contributed by atoms with Crippen LogP contribution >= 0.6 is 0 Å². The highest BCUT2D eigenvalue weighted by molar-refractivity contribution is 5.88. The van der Waals surface area contributed by atoms with Crippen LogP contribution in [-0.2, 0) is 14.4 Å². The largest absolute Gasteiger partial charge is 0.480 e. The molecule has 7 heteroatoms. The molecule has 0 saturated carbocycles. The first kappa shape index (κ1) is 15.4. The van der Waals surface area contributed by atoms with Gasteiger partial charge in [-0.25, -0.2) is 0 Å². The average molecular weight is 245 g/mol. The Hall–Kier alpha value is -1.63. The van der Waals surface area contributed by atoms with Gasteiger partial charge in [0.05, 0.1) is 12.6 Å². The predicted molar refractivity (Wildman–Crippen MR) is 61.1 cm³/mol. The fourth-order valence-corrected chi connectivity index (χ4v) is 0.907. The van der Waals surface area contributed by atoms with E-state index in [1.807, 2.05) is 20.8 Å². The molecule has 0 aromatic carbocycles. The van der Waals surface area contributed by atoms with Gasteiger partial charge in [0.2, 0.25) is 11.8 Å². The molecule has 5 N–H and O–H groups in total. The zero-order chi connectivity index (χ0) is 13.6. The van der Waals surface area contributed by atoms with Crippen LogP contribution in [0.25, 0.3) is 0 Å². The van der Waals surface area contributed by atoms with E-state index in [0.29, 0.717) is 0 Å². The molecule has 0 aliphatic rings. The third kappa shape index (κ3) is 6.52. The monoisotopic (exact) mass is 245 g/mol. The number of amides is 2. The highest BCUT2D eigenvalue weighted by atomic mass is 16.4. The van der Waals surface area contributed by atoms with Crippen LogP contribution in [-0.4, -0.2) is 42.0 Å². The first-order valence-corrected chi connectivity index (χ1v) is 5.16. The van der Waals surface area contributed by atoms with Crippen LogP contribution in [0.2, 0.25) is 0 Å². The highest BCUT2D eigenvalue weighted by Crippen LogP contribution is 2.16. The lowest BCUT2D eigenvalue weighted by Crippen LogP contribution is -2.50. The Morgan fingerprint density at radius 2 is 1.71 bits per heavy atom. The van der Waals surface area contributed by atoms with Crippen LogP contribution in [0.15, 0.2) is 0 Å². The molecule has 0 aromatic rings. The Balaban J connectivity index is 4.00. The van der Waals surface area contributed by atoms with Gasteiger partial charge in [-0.15, -0.1) is 0 Å². The van der Waals surface area contributed by atoms with Crippen LogP contribution in [0.5, 0.6) is 0 Å². The third-order valence-corrected chi connectivity index (χ3v) is 2.08. The second-order valence-electron chi connectivity index (χ2n) is 4.73. The second-order valence-corrected chi connectivity index (χ2v) is 4.73. The standard InChI is InChI=1S/C10H19N3O4/c1-10(2,3)8(11)9(17)13-4-6(14)12-5-7(15)16/h8H,4-5,11H2,1-3H3,(H,12,14)(H,13,17)(H,15,16)/t8-/m0/s1. The first-order chi connectivity index (χ1) is 7.64. The number of carbonyl (C=O) groups is 3. The summed E-state index contributed by atoms with van der Waals surface area (Å²) < 4.78 is 0. The Labute approximate surface area is 99.7 Å². The van der Waals surface area contributed by atoms with Gasteiger partial charge in [-0.3, -0.25) is 14.4 Å². The van der Waals surface area contributed by atoms with Gasteiger partial charge in [-0.05, 0) is 5.41 Å². The van der Waals surface area contributed by atoms with Crippen molar-refractivity contribution in [1.29, 1.82) is 0 Å². The van der Waals surface area contributed by atoms with Gasteiger partial charge in [-0.2, -0.15) is 0 Å². The molecule has 0 bridgehead atoms. The molecule has 0 saturated heterocycles. The molecule has 0 unspecified atom stereocenters. The quantitative estimate of drug-likeness (QED) is 0.478. The van der Waals surface area contributed by atoms with Crippen molar-refractivity contribution in [2.75, 3.05) is 13.1 Å². The number of carboxylic acid groups (broad SMARTS) is 1. The predicted octanol–water partition coefficient (Wildman–Crippen LogP) is -1.32. The van der Waals surface area contributed by atoms with E-state index in [2.05, 4.69) is 10.6 Å². The van der Waals surface area contributed by atoms with Crippen LogP contribution < -0.4 is 16.4 Å². The molecule has 0 heterocycles. The summed E-state index contributed by atoms with van der Waals surface area (Å²) in [4.78, 5) is 32.8. The fourth-order valence-electron chi connectivity index (χ4n) is 0.907. The topological polar surface area (TPSA) is 122 Å². The van der Waals surface area contributed by atoms with Crippen LogP contribution in [0.4, 0.5) is 0 Å². The van der Waals surface area contributed by atoms with Crippen molar-refractivity contribution in [1.82, 2.24) is 10.6 Å². The summed E-state index contributed by atoms with van der Waals surface area (Å²) in [5.74, 6) is -2.15. The number of rotatable bonds is 5. The minimum Gasteiger partial charge on any atom is -0.480 e. The molecule has 2 amide bonds. The van der Waals surface area contributed by atoms with E-state index in [-0.39, 0.29) is 6.54 Å². The maximum Gasteiger partial charge on any atom is 0.322 e. The Bertz CT molecular complexity index is 309. The van der Waals surface area contributed by atoms with Crippen molar-refractivity contribution in [2.24, 2.45) is 11.1 Å². The van der Waals surface area contributed by atoms with Gasteiger partial charge in [0.1, 0.15) is 6.54 Å². The average Bonchev–Trinajstić information content (AvgIpc) is 2.20. The number of carboxylic acids is 1. The third-order valence-electron chi connectivity index (χ3n) is 2.08. The minimum absolute atomic E-state index is 0.282. The van der Waals surface area contributed by atoms with Crippen LogP contribution in [0, 0.1) is 5.41 Å². The molecule has 98 valence electrons. The molecule has 0 aromatic heterocycles. The maximum absolute atomic E-state index is 11.5. The summed E-state index contributed by atoms with van der Waals surface area (Å²) in [6.07, 6.45) is 0. The number of carbonyl (C=O) groups excluding carboxylic acids is 2. The van der Waals surface area contributed by atoms with Gasteiger partial charge in [0, 0.05) is 0 Å². The van der Waals surface area contributed by atoms with E-state index < -0.39 is 35.8 Å². The van der Waals surface area contributed by atoms with Crippen molar-refractivity contribution in [2.45, 2.75) is 26.8 Å². The Morgan fingerprint density at radius 3 is 2.12 bits per heavy atom. The lowest BCUT2D eigenvalue weighted by molar-refractivity contribution is -0.137. The summed E-state index contributed by atoms with van der Waals surface area (Å²) >= 11 is 0. The number of aliphatic carboxylic acids is 1. The van der Waals surface area contributed by atoms with Crippen molar-refractivity contribution >= 4 is 17.8 Å². The minimum atomic E-state index is -1.14. The molecule has 17 heavy (non-hydrogen) atoms. The molecule has 7 nitrogen and oxygen atoms in total. The van der Waals surface area contributed by atoms with E-state index >= 15 is 0 Å². The van der Waals surface area contributed by atoms with Crippen molar-refractivity contribution in [3.63, 3.8) is 0 Å². The van der Waals surface area contributed by atoms with E-state index in [4.69, 9.17) is 10.8 Å². The lowest BCUT2D eigenvalue weighted by Gasteiger charge is -2.25. The van der Waals surface area contributed by atoms with Gasteiger partial charge in [0.25, 0.3) is 0 Å². The second kappa shape index (κ2) is 6.19. The summed E-state index contributed by atoms with van der Waals surface area (Å²) in [7, 11) is 0. The van der Waals surface area contributed by atoms with E-state index in [1.54, 1.807) is 0 Å². The van der Waals surface area contributed by atoms with Crippen LogP contribution in [0.3, 0.4) is 0 Å². The van der Waals surface area contributed by atoms with Gasteiger partial charge in [-0.1, -0.05) is 20.8 Å². The molecule has 0 rings (SSSR count). The first-order valence-electron chi connectivity index (χ1n) is 5.16. The molecule has 0 fully saturated rings. The smallest absolute Gasteiger partial charge is 0.322 e. The Morgan fingerprint density at radius 1 is 1.18 bits per heavy atom. The normalized spacial score (nSPS) is 12.7. The summed E-state index contributed by atoms with van der Waals surface area (Å²) in [5, 5.41) is 12.8. The van der Waals surface area contributed by atoms with E-state index in [0.717, 1.165) is 0 Å². The SMILES string of the molecule is CC(C)(C)[C@@H](N)C(=O)NCC(=O)NCC(=O)O. The lowest BCUT2D eigenvalue weighted by atomic mass is 9.87. The fraction of sp³-hybridized carbons (Fsp3) is 0.700. The summed E-state index contributed by atoms with van der Waals surface area (Å²) in [5.41, 5.74) is 5.26.